The molecule has 1 fully saturated rings. The van der Waals surface area contributed by atoms with E-state index in [2.05, 4.69) is 0 Å². The van der Waals surface area contributed by atoms with Crippen LogP contribution in [0.1, 0.15) is 26.2 Å². The summed E-state index contributed by atoms with van der Waals surface area (Å²) in [5.74, 6) is 0. The normalized spacial score (nSPS) is 49.2. The molecule has 0 aromatic rings. The lowest BCUT2D eigenvalue weighted by atomic mass is 9.78. The lowest BCUT2D eigenvalue weighted by Crippen LogP contribution is -2.58. The molecule has 1 aliphatic rings. The molecule has 0 amide bonds. The topological polar surface area (TPSA) is 78.1 Å². The van der Waals surface area contributed by atoms with Crippen LogP contribution in [0.3, 0.4) is 0 Å². The van der Waals surface area contributed by atoms with Gasteiger partial charge < -0.3 is 17.2 Å². The van der Waals surface area contributed by atoms with Gasteiger partial charge in [0, 0.05) is 17.6 Å². The molecule has 0 heterocycles. The van der Waals surface area contributed by atoms with Crippen LogP contribution in [0.2, 0.25) is 0 Å². The standard InChI is InChI=1S/C7H17N3/c1-7(10)4-5(8)2-3-6(7)9/h5-6H,2-4,8-10H2,1H3. The monoisotopic (exact) mass is 143 g/mol. The minimum Gasteiger partial charge on any atom is -0.328 e. The number of nitrogens with two attached hydrogens (primary N) is 3. The fourth-order valence-electron chi connectivity index (χ4n) is 1.54. The van der Waals surface area contributed by atoms with Crippen LogP contribution in [-0.2, 0) is 0 Å². The van der Waals surface area contributed by atoms with Gasteiger partial charge in [-0.2, -0.15) is 0 Å². The van der Waals surface area contributed by atoms with Crippen molar-refractivity contribution >= 4 is 0 Å². The van der Waals surface area contributed by atoms with E-state index in [0.29, 0.717) is 0 Å². The van der Waals surface area contributed by atoms with Gasteiger partial charge in [0.05, 0.1) is 0 Å². The third-order valence-electron chi connectivity index (χ3n) is 2.40. The van der Waals surface area contributed by atoms with Gasteiger partial charge in [-0.25, -0.2) is 0 Å². The fraction of sp³-hybridized carbons (Fsp3) is 1.00. The quantitative estimate of drug-likeness (QED) is 0.429. The molecule has 0 aromatic heterocycles. The lowest BCUT2D eigenvalue weighted by Gasteiger charge is -2.38. The molecule has 1 rings (SSSR count). The Bertz CT molecular complexity index is 122. The smallest absolute Gasteiger partial charge is 0.0293 e. The zero-order chi connectivity index (χ0) is 7.78. The summed E-state index contributed by atoms with van der Waals surface area (Å²) in [6.07, 6.45) is 2.84. The summed E-state index contributed by atoms with van der Waals surface area (Å²) in [6, 6.07) is 0.391. The Hall–Kier alpha value is -0.120. The lowest BCUT2D eigenvalue weighted by molar-refractivity contribution is 0.251. The van der Waals surface area contributed by atoms with Crippen molar-refractivity contribution in [3.05, 3.63) is 0 Å². The van der Waals surface area contributed by atoms with Gasteiger partial charge in [-0.05, 0) is 26.2 Å². The first-order valence-electron chi connectivity index (χ1n) is 3.82. The largest absolute Gasteiger partial charge is 0.328 e. The fourth-order valence-corrected chi connectivity index (χ4v) is 1.54. The molecule has 3 unspecified atom stereocenters. The molecule has 3 nitrogen and oxygen atoms in total. The molecule has 0 radical (unpaired) electrons. The van der Waals surface area contributed by atoms with Crippen LogP contribution >= 0.6 is 0 Å². The van der Waals surface area contributed by atoms with Crippen molar-refractivity contribution in [3.63, 3.8) is 0 Å². The van der Waals surface area contributed by atoms with Crippen molar-refractivity contribution < 1.29 is 0 Å². The Morgan fingerprint density at radius 3 is 2.30 bits per heavy atom. The van der Waals surface area contributed by atoms with Gasteiger partial charge in [0.15, 0.2) is 0 Å². The van der Waals surface area contributed by atoms with Crippen LogP contribution < -0.4 is 17.2 Å². The highest BCUT2D eigenvalue weighted by atomic mass is 14.9. The molecule has 0 saturated heterocycles. The highest BCUT2D eigenvalue weighted by molar-refractivity contribution is 4.97. The third-order valence-corrected chi connectivity index (χ3v) is 2.40. The molecular formula is C7H17N3. The van der Waals surface area contributed by atoms with Gasteiger partial charge in [-0.3, -0.25) is 0 Å². The minimum absolute atomic E-state index is 0.132. The Morgan fingerprint density at radius 2 is 1.90 bits per heavy atom. The van der Waals surface area contributed by atoms with Crippen LogP contribution in [0.4, 0.5) is 0 Å². The Balaban J connectivity index is 2.55. The Labute approximate surface area is 61.9 Å². The summed E-state index contributed by atoms with van der Waals surface area (Å²) in [4.78, 5) is 0. The van der Waals surface area contributed by atoms with Crippen LogP contribution in [0.5, 0.6) is 0 Å². The van der Waals surface area contributed by atoms with E-state index in [0.717, 1.165) is 19.3 Å². The first kappa shape index (κ1) is 7.98. The van der Waals surface area contributed by atoms with Gasteiger partial charge >= 0.3 is 0 Å². The molecule has 3 heteroatoms. The van der Waals surface area contributed by atoms with Crippen LogP contribution in [0, 0.1) is 0 Å². The maximum atomic E-state index is 5.91. The number of hydrogen-bond donors (Lipinski definition) is 3. The van der Waals surface area contributed by atoms with Gasteiger partial charge in [0.25, 0.3) is 0 Å². The molecule has 60 valence electrons. The van der Waals surface area contributed by atoms with Crippen molar-refractivity contribution in [1.29, 1.82) is 0 Å². The SMILES string of the molecule is CC1(N)CC(N)CCC1N. The Kier molecular flexibility index (Phi) is 1.99. The molecular weight excluding hydrogens is 126 g/mol. The predicted octanol–water partition coefficient (Wildman–Crippen LogP) is -0.458. The zero-order valence-electron chi connectivity index (χ0n) is 6.51. The van der Waals surface area contributed by atoms with E-state index in [-0.39, 0.29) is 17.6 Å². The van der Waals surface area contributed by atoms with Crippen molar-refractivity contribution in [2.45, 2.75) is 43.8 Å². The van der Waals surface area contributed by atoms with Gasteiger partial charge in [0.1, 0.15) is 0 Å². The zero-order valence-corrected chi connectivity index (χ0v) is 6.51. The average molecular weight is 143 g/mol. The highest BCUT2D eigenvalue weighted by Crippen LogP contribution is 2.23. The minimum atomic E-state index is -0.238. The van der Waals surface area contributed by atoms with Crippen LogP contribution in [-0.4, -0.2) is 17.6 Å². The highest BCUT2D eigenvalue weighted by Gasteiger charge is 2.33. The van der Waals surface area contributed by atoms with Crippen LogP contribution in [0.25, 0.3) is 0 Å². The maximum absolute atomic E-state index is 5.91. The first-order valence-corrected chi connectivity index (χ1v) is 3.82. The van der Waals surface area contributed by atoms with Crippen molar-refractivity contribution in [1.82, 2.24) is 0 Å². The van der Waals surface area contributed by atoms with E-state index in [1.807, 2.05) is 6.92 Å². The van der Waals surface area contributed by atoms with Crippen molar-refractivity contribution in [2.75, 3.05) is 0 Å². The van der Waals surface area contributed by atoms with Crippen molar-refractivity contribution in [2.24, 2.45) is 17.2 Å². The number of rotatable bonds is 0. The second-order valence-corrected chi connectivity index (χ2v) is 3.65. The molecule has 0 aliphatic heterocycles. The van der Waals surface area contributed by atoms with Crippen LogP contribution in [0.15, 0.2) is 0 Å². The molecule has 0 spiro atoms. The summed E-state index contributed by atoms with van der Waals surface area (Å²) in [5, 5.41) is 0. The molecule has 1 saturated carbocycles. The molecule has 1 aliphatic carbocycles. The van der Waals surface area contributed by atoms with E-state index >= 15 is 0 Å². The van der Waals surface area contributed by atoms with E-state index in [1.54, 1.807) is 0 Å². The summed E-state index contributed by atoms with van der Waals surface area (Å²) in [5.41, 5.74) is 17.2. The van der Waals surface area contributed by atoms with Crippen molar-refractivity contribution in [3.8, 4) is 0 Å². The number of hydrogen-bond acceptors (Lipinski definition) is 3. The molecule has 0 bridgehead atoms. The van der Waals surface area contributed by atoms with E-state index in [1.165, 1.54) is 0 Å². The van der Waals surface area contributed by atoms with E-state index < -0.39 is 0 Å². The molecule has 0 aromatic carbocycles. The average Bonchev–Trinajstić information content (AvgIpc) is 1.78. The molecule has 10 heavy (non-hydrogen) atoms. The summed E-state index contributed by atoms with van der Waals surface area (Å²) in [7, 11) is 0. The second kappa shape index (κ2) is 2.49. The third kappa shape index (κ3) is 1.48. The van der Waals surface area contributed by atoms with Gasteiger partial charge in [0.2, 0.25) is 0 Å². The van der Waals surface area contributed by atoms with E-state index in [9.17, 15) is 0 Å². The summed E-state index contributed by atoms with van der Waals surface area (Å²) in [6.45, 7) is 1.98. The maximum Gasteiger partial charge on any atom is 0.0293 e. The van der Waals surface area contributed by atoms with Gasteiger partial charge in [-0.1, -0.05) is 0 Å². The summed E-state index contributed by atoms with van der Waals surface area (Å²) < 4.78 is 0. The van der Waals surface area contributed by atoms with Gasteiger partial charge in [-0.15, -0.1) is 0 Å². The second-order valence-electron chi connectivity index (χ2n) is 3.65. The molecule has 6 N–H and O–H groups in total. The predicted molar refractivity (Wildman–Crippen MR) is 42.4 cm³/mol. The van der Waals surface area contributed by atoms with E-state index in [4.69, 9.17) is 17.2 Å². The molecule has 3 atom stereocenters. The first-order chi connectivity index (χ1) is 4.52. The summed E-state index contributed by atoms with van der Waals surface area (Å²) >= 11 is 0. The Morgan fingerprint density at radius 1 is 1.30 bits per heavy atom.